The molecule has 0 radical (unpaired) electrons. The predicted molar refractivity (Wildman–Crippen MR) is 73.3 cm³/mol. The molecule has 2 rings (SSSR count). The summed E-state index contributed by atoms with van der Waals surface area (Å²) >= 11 is 6.16. The van der Waals surface area contributed by atoms with Crippen LogP contribution in [0, 0.1) is 13.8 Å². The summed E-state index contributed by atoms with van der Waals surface area (Å²) < 4.78 is 1.86. The van der Waals surface area contributed by atoms with Crippen molar-refractivity contribution in [3.63, 3.8) is 0 Å². The summed E-state index contributed by atoms with van der Waals surface area (Å²) in [6, 6.07) is 5.94. The number of nitrogens with zero attached hydrogens (tertiary/aromatic N) is 3. The highest BCUT2D eigenvalue weighted by Crippen LogP contribution is 2.24. The zero-order valence-corrected chi connectivity index (χ0v) is 11.8. The molecular weight excluding hydrogens is 248 g/mol. The van der Waals surface area contributed by atoms with Crippen LogP contribution in [0.3, 0.4) is 0 Å². The lowest BCUT2D eigenvalue weighted by atomic mass is 10.2. The van der Waals surface area contributed by atoms with Gasteiger partial charge in [-0.25, -0.2) is 9.67 Å². The van der Waals surface area contributed by atoms with Crippen LogP contribution in [0.25, 0.3) is 5.69 Å². The second-order valence-electron chi connectivity index (χ2n) is 4.32. The molecule has 0 aliphatic heterocycles. The van der Waals surface area contributed by atoms with Crippen LogP contribution in [0.5, 0.6) is 0 Å². The highest BCUT2D eigenvalue weighted by Gasteiger charge is 2.16. The van der Waals surface area contributed by atoms with E-state index >= 15 is 0 Å². The Balaban J connectivity index is 2.60. The molecule has 1 N–H and O–H groups in total. The molecule has 1 heterocycles. The lowest BCUT2D eigenvalue weighted by Crippen LogP contribution is -2.18. The van der Waals surface area contributed by atoms with Crippen molar-refractivity contribution >= 4 is 11.6 Å². The van der Waals surface area contributed by atoms with E-state index < -0.39 is 0 Å². The second-order valence-corrected chi connectivity index (χ2v) is 4.73. The van der Waals surface area contributed by atoms with Crippen LogP contribution in [0.1, 0.15) is 30.2 Å². The maximum absolute atomic E-state index is 6.16. The van der Waals surface area contributed by atoms with Crippen molar-refractivity contribution in [3.8, 4) is 5.69 Å². The van der Waals surface area contributed by atoms with Crippen molar-refractivity contribution in [2.45, 2.75) is 26.8 Å². The molecule has 0 spiro atoms. The standard InChI is InChI=1S/C13H17ClN4/c1-8-11(14)6-5-7-12(8)18-13(9(2)15-4)16-10(3)17-18/h5-7,9,15H,1-4H3/t9-/m0/s1. The van der Waals surface area contributed by atoms with Crippen molar-refractivity contribution in [1.29, 1.82) is 0 Å². The molecule has 5 heteroatoms. The highest BCUT2D eigenvalue weighted by atomic mass is 35.5. The van der Waals surface area contributed by atoms with E-state index in [1.54, 1.807) is 0 Å². The molecule has 0 aliphatic rings. The van der Waals surface area contributed by atoms with Crippen LogP contribution in [0.2, 0.25) is 5.02 Å². The van der Waals surface area contributed by atoms with Gasteiger partial charge >= 0.3 is 0 Å². The lowest BCUT2D eigenvalue weighted by molar-refractivity contribution is 0.588. The van der Waals surface area contributed by atoms with E-state index in [9.17, 15) is 0 Å². The summed E-state index contributed by atoms with van der Waals surface area (Å²) in [6.45, 7) is 5.94. The van der Waals surface area contributed by atoms with E-state index in [0.717, 1.165) is 27.9 Å². The van der Waals surface area contributed by atoms with Gasteiger partial charge in [0, 0.05) is 5.02 Å². The maximum Gasteiger partial charge on any atom is 0.149 e. The third kappa shape index (κ3) is 2.26. The van der Waals surface area contributed by atoms with Gasteiger partial charge in [0.25, 0.3) is 0 Å². The van der Waals surface area contributed by atoms with Gasteiger partial charge in [-0.1, -0.05) is 17.7 Å². The van der Waals surface area contributed by atoms with Crippen LogP contribution in [0.4, 0.5) is 0 Å². The van der Waals surface area contributed by atoms with Gasteiger partial charge in [0.1, 0.15) is 11.6 Å². The van der Waals surface area contributed by atoms with Gasteiger partial charge in [-0.05, 0) is 45.5 Å². The Hall–Kier alpha value is -1.39. The summed E-state index contributed by atoms with van der Waals surface area (Å²) in [4.78, 5) is 4.47. The van der Waals surface area contributed by atoms with Crippen LogP contribution < -0.4 is 5.32 Å². The van der Waals surface area contributed by atoms with Crippen LogP contribution in [-0.2, 0) is 0 Å². The maximum atomic E-state index is 6.16. The van der Waals surface area contributed by atoms with Crippen molar-refractivity contribution < 1.29 is 0 Å². The summed E-state index contributed by atoms with van der Waals surface area (Å²) in [7, 11) is 1.91. The molecular formula is C13H17ClN4. The van der Waals surface area contributed by atoms with Gasteiger partial charge in [0.15, 0.2) is 0 Å². The normalized spacial score (nSPS) is 12.7. The number of hydrogen-bond acceptors (Lipinski definition) is 3. The van der Waals surface area contributed by atoms with Crippen molar-refractivity contribution in [2.75, 3.05) is 7.05 Å². The molecule has 96 valence electrons. The summed E-state index contributed by atoms with van der Waals surface area (Å²) in [5.74, 6) is 1.65. The molecule has 1 aromatic heterocycles. The number of aromatic nitrogens is 3. The number of hydrogen-bond donors (Lipinski definition) is 1. The van der Waals surface area contributed by atoms with Gasteiger partial charge in [-0.3, -0.25) is 0 Å². The summed E-state index contributed by atoms with van der Waals surface area (Å²) in [5, 5.41) is 8.38. The Labute approximate surface area is 112 Å². The zero-order chi connectivity index (χ0) is 13.3. The quantitative estimate of drug-likeness (QED) is 0.927. The van der Waals surface area contributed by atoms with E-state index in [1.165, 1.54) is 0 Å². The summed E-state index contributed by atoms with van der Waals surface area (Å²) in [6.07, 6.45) is 0. The van der Waals surface area contributed by atoms with Gasteiger partial charge in [-0.15, -0.1) is 0 Å². The molecule has 1 atom stereocenters. The van der Waals surface area contributed by atoms with E-state index in [0.29, 0.717) is 0 Å². The highest BCUT2D eigenvalue weighted by molar-refractivity contribution is 6.31. The number of nitrogens with one attached hydrogen (secondary N) is 1. The fourth-order valence-electron chi connectivity index (χ4n) is 1.84. The average molecular weight is 265 g/mol. The molecule has 0 fully saturated rings. The van der Waals surface area contributed by atoms with Gasteiger partial charge in [0.2, 0.25) is 0 Å². The first kappa shape index (κ1) is 13.1. The topological polar surface area (TPSA) is 42.7 Å². The molecule has 0 unspecified atom stereocenters. The molecule has 0 bridgehead atoms. The molecule has 1 aromatic carbocycles. The Bertz CT molecular complexity index is 562. The molecule has 18 heavy (non-hydrogen) atoms. The lowest BCUT2D eigenvalue weighted by Gasteiger charge is -2.13. The summed E-state index contributed by atoms with van der Waals surface area (Å²) in [5.41, 5.74) is 1.98. The molecule has 2 aromatic rings. The van der Waals surface area contributed by atoms with E-state index in [2.05, 4.69) is 22.3 Å². The molecule has 0 aliphatic carbocycles. The van der Waals surface area contributed by atoms with Crippen LogP contribution >= 0.6 is 11.6 Å². The van der Waals surface area contributed by atoms with E-state index in [4.69, 9.17) is 11.6 Å². The predicted octanol–water partition coefficient (Wildman–Crippen LogP) is 2.82. The third-order valence-electron chi connectivity index (χ3n) is 3.03. The largest absolute Gasteiger partial charge is 0.311 e. The number of benzene rings is 1. The fraction of sp³-hybridized carbons (Fsp3) is 0.385. The third-order valence-corrected chi connectivity index (χ3v) is 3.44. The minimum atomic E-state index is 0.129. The molecule has 0 saturated carbocycles. The minimum Gasteiger partial charge on any atom is -0.311 e. The Morgan fingerprint density at radius 3 is 2.72 bits per heavy atom. The number of halogens is 1. The van der Waals surface area contributed by atoms with Crippen LogP contribution in [-0.4, -0.2) is 21.8 Å². The van der Waals surface area contributed by atoms with E-state index in [1.807, 2.05) is 43.8 Å². The van der Waals surface area contributed by atoms with Gasteiger partial charge in [-0.2, -0.15) is 5.10 Å². The zero-order valence-electron chi connectivity index (χ0n) is 11.0. The van der Waals surface area contributed by atoms with Crippen molar-refractivity contribution in [1.82, 2.24) is 20.1 Å². The number of rotatable bonds is 3. The molecule has 0 amide bonds. The number of aryl methyl sites for hydroxylation is 1. The Morgan fingerprint density at radius 2 is 2.06 bits per heavy atom. The fourth-order valence-corrected chi connectivity index (χ4v) is 2.01. The minimum absolute atomic E-state index is 0.129. The van der Waals surface area contributed by atoms with Crippen molar-refractivity contribution in [2.24, 2.45) is 0 Å². The monoisotopic (exact) mass is 264 g/mol. The SMILES string of the molecule is CN[C@@H](C)c1nc(C)nn1-c1cccc(Cl)c1C. The van der Waals surface area contributed by atoms with E-state index in [-0.39, 0.29) is 6.04 Å². The first-order chi connectivity index (χ1) is 8.54. The Morgan fingerprint density at radius 1 is 1.33 bits per heavy atom. The molecule has 0 saturated heterocycles. The first-order valence-corrected chi connectivity index (χ1v) is 6.28. The van der Waals surface area contributed by atoms with Gasteiger partial charge in [0.05, 0.1) is 11.7 Å². The van der Waals surface area contributed by atoms with Crippen molar-refractivity contribution in [3.05, 3.63) is 40.4 Å². The Kier molecular flexibility index (Phi) is 3.68. The second kappa shape index (κ2) is 5.08. The molecule has 4 nitrogen and oxygen atoms in total. The smallest absolute Gasteiger partial charge is 0.149 e. The average Bonchev–Trinajstić information content (AvgIpc) is 2.73. The van der Waals surface area contributed by atoms with Gasteiger partial charge < -0.3 is 5.32 Å². The first-order valence-electron chi connectivity index (χ1n) is 5.91. The van der Waals surface area contributed by atoms with Crippen LogP contribution in [0.15, 0.2) is 18.2 Å².